The van der Waals surface area contributed by atoms with Gasteiger partial charge in [-0.3, -0.25) is 14.4 Å². The van der Waals surface area contributed by atoms with Crippen LogP contribution in [0.4, 0.5) is 0 Å². The lowest BCUT2D eigenvalue weighted by Crippen LogP contribution is -2.30. The molecule has 0 rings (SSSR count). The van der Waals surface area contributed by atoms with Crippen molar-refractivity contribution in [3.63, 3.8) is 0 Å². The zero-order chi connectivity index (χ0) is 41.2. The lowest BCUT2D eigenvalue weighted by molar-refractivity contribution is -0.167. The highest BCUT2D eigenvalue weighted by atomic mass is 16.6. The molecule has 2 atom stereocenters. The minimum atomic E-state index is -0.762. The second-order valence-corrected chi connectivity index (χ2v) is 17.8. The van der Waals surface area contributed by atoms with E-state index in [1.54, 1.807) is 0 Å². The van der Waals surface area contributed by atoms with Gasteiger partial charge in [0.15, 0.2) is 6.10 Å². The molecule has 0 fully saturated rings. The summed E-state index contributed by atoms with van der Waals surface area (Å²) in [5.74, 6) is 0.764. The van der Waals surface area contributed by atoms with Crippen molar-refractivity contribution in [1.82, 2.24) is 0 Å². The predicted molar refractivity (Wildman–Crippen MR) is 238 cm³/mol. The van der Waals surface area contributed by atoms with Crippen molar-refractivity contribution in [2.45, 2.75) is 278 Å². The third-order valence-electron chi connectivity index (χ3n) is 11.6. The van der Waals surface area contributed by atoms with E-state index in [1.807, 2.05) is 0 Å². The molecular formula is C50H96O6. The average molecular weight is 793 g/mol. The van der Waals surface area contributed by atoms with E-state index in [9.17, 15) is 14.4 Å². The summed E-state index contributed by atoms with van der Waals surface area (Å²) in [6.45, 7) is 11.3. The van der Waals surface area contributed by atoms with E-state index in [2.05, 4.69) is 34.6 Å². The maximum Gasteiger partial charge on any atom is 0.306 e. The zero-order valence-electron chi connectivity index (χ0n) is 38.3. The summed E-state index contributed by atoms with van der Waals surface area (Å²) < 4.78 is 16.8. The summed E-state index contributed by atoms with van der Waals surface area (Å²) in [6, 6.07) is 0. The molecule has 0 saturated heterocycles. The van der Waals surface area contributed by atoms with E-state index in [0.717, 1.165) is 69.6 Å². The summed E-state index contributed by atoms with van der Waals surface area (Å²) in [4.78, 5) is 37.8. The number of rotatable bonds is 44. The van der Waals surface area contributed by atoms with E-state index < -0.39 is 6.10 Å². The van der Waals surface area contributed by atoms with Gasteiger partial charge in [0.1, 0.15) is 13.2 Å². The molecule has 56 heavy (non-hydrogen) atoms. The van der Waals surface area contributed by atoms with Crippen LogP contribution in [-0.2, 0) is 28.6 Å². The first kappa shape index (κ1) is 54.4. The highest BCUT2D eigenvalue weighted by molar-refractivity contribution is 5.71. The minimum Gasteiger partial charge on any atom is -0.462 e. The van der Waals surface area contributed by atoms with Gasteiger partial charge in [-0.1, -0.05) is 234 Å². The first-order valence-electron chi connectivity index (χ1n) is 24.8. The Balaban J connectivity index is 4.30. The van der Waals surface area contributed by atoms with E-state index in [-0.39, 0.29) is 31.1 Å². The van der Waals surface area contributed by atoms with Crippen LogP contribution in [0, 0.1) is 11.8 Å². The maximum atomic E-state index is 12.7. The van der Waals surface area contributed by atoms with Crippen molar-refractivity contribution in [2.24, 2.45) is 11.8 Å². The van der Waals surface area contributed by atoms with Gasteiger partial charge in [0.2, 0.25) is 0 Å². The summed E-state index contributed by atoms with van der Waals surface area (Å²) in [5.41, 5.74) is 0. The average Bonchev–Trinajstić information content (AvgIpc) is 3.18. The van der Waals surface area contributed by atoms with Crippen LogP contribution in [-0.4, -0.2) is 37.2 Å². The van der Waals surface area contributed by atoms with E-state index >= 15 is 0 Å². The molecule has 0 aromatic carbocycles. The van der Waals surface area contributed by atoms with Crippen molar-refractivity contribution in [3.8, 4) is 0 Å². The predicted octanol–water partition coefficient (Wildman–Crippen LogP) is 15.8. The Morgan fingerprint density at radius 3 is 1.02 bits per heavy atom. The van der Waals surface area contributed by atoms with Gasteiger partial charge in [0, 0.05) is 19.3 Å². The highest BCUT2D eigenvalue weighted by Gasteiger charge is 2.19. The van der Waals surface area contributed by atoms with E-state index in [4.69, 9.17) is 14.2 Å². The fraction of sp³-hybridized carbons (Fsp3) is 0.940. The number of carbonyl (C=O) groups excluding carboxylic acids is 3. The first-order valence-corrected chi connectivity index (χ1v) is 24.8. The first-order chi connectivity index (χ1) is 27.3. The van der Waals surface area contributed by atoms with Gasteiger partial charge in [0.05, 0.1) is 0 Å². The Morgan fingerprint density at radius 1 is 0.375 bits per heavy atom. The Bertz CT molecular complexity index is 856. The molecule has 0 aliphatic carbocycles. The zero-order valence-corrected chi connectivity index (χ0v) is 38.3. The number of hydrogen-bond acceptors (Lipinski definition) is 6. The van der Waals surface area contributed by atoms with Crippen LogP contribution in [0.3, 0.4) is 0 Å². The van der Waals surface area contributed by atoms with Crippen molar-refractivity contribution >= 4 is 17.9 Å². The minimum absolute atomic E-state index is 0.0650. The lowest BCUT2D eigenvalue weighted by Gasteiger charge is -2.18. The second kappa shape index (κ2) is 43.0. The molecule has 332 valence electrons. The molecule has 0 aromatic heterocycles. The third kappa shape index (κ3) is 42.0. The molecule has 0 heterocycles. The van der Waals surface area contributed by atoms with Crippen LogP contribution < -0.4 is 0 Å². The molecule has 0 aliphatic rings. The number of ether oxygens (including phenoxy) is 3. The van der Waals surface area contributed by atoms with Gasteiger partial charge >= 0.3 is 17.9 Å². The molecule has 0 radical (unpaired) electrons. The van der Waals surface area contributed by atoms with E-state index in [1.165, 1.54) is 161 Å². The molecule has 6 heteroatoms. The van der Waals surface area contributed by atoms with Gasteiger partial charge in [-0.25, -0.2) is 0 Å². The molecule has 0 spiro atoms. The third-order valence-corrected chi connectivity index (χ3v) is 11.6. The van der Waals surface area contributed by atoms with Gasteiger partial charge in [-0.15, -0.1) is 0 Å². The maximum absolute atomic E-state index is 12.7. The van der Waals surface area contributed by atoms with Crippen LogP contribution in [0.1, 0.15) is 272 Å². The normalized spacial score (nSPS) is 12.5. The topological polar surface area (TPSA) is 78.9 Å². The molecule has 0 bridgehead atoms. The smallest absolute Gasteiger partial charge is 0.306 e. The van der Waals surface area contributed by atoms with Crippen molar-refractivity contribution in [1.29, 1.82) is 0 Å². The monoisotopic (exact) mass is 793 g/mol. The van der Waals surface area contributed by atoms with Crippen LogP contribution in [0.15, 0.2) is 0 Å². The summed E-state index contributed by atoms with van der Waals surface area (Å²) in [6.07, 6.45) is 42.3. The van der Waals surface area contributed by atoms with Crippen LogP contribution in [0.5, 0.6) is 0 Å². The number of unbranched alkanes of at least 4 members (excludes halogenated alkanes) is 28. The summed E-state index contributed by atoms with van der Waals surface area (Å²) in [5, 5.41) is 0. The number of hydrogen-bond donors (Lipinski definition) is 0. The molecule has 0 aromatic rings. The van der Waals surface area contributed by atoms with Crippen molar-refractivity contribution in [3.05, 3.63) is 0 Å². The highest BCUT2D eigenvalue weighted by Crippen LogP contribution is 2.17. The Labute approximate surface area is 348 Å². The van der Waals surface area contributed by atoms with Gasteiger partial charge in [0.25, 0.3) is 0 Å². The molecule has 0 amide bonds. The van der Waals surface area contributed by atoms with Crippen LogP contribution in [0.25, 0.3) is 0 Å². The second-order valence-electron chi connectivity index (χ2n) is 17.8. The molecule has 1 unspecified atom stereocenters. The van der Waals surface area contributed by atoms with E-state index in [0.29, 0.717) is 19.3 Å². The SMILES string of the molecule is CCCCCCCCCCCCCCCCCCC(=O)OC[C@@H](COC(=O)CCCCCCCCC(C)CC)OC(=O)CCCCCCCCCCCC(C)C. The van der Waals surface area contributed by atoms with Crippen molar-refractivity contribution < 1.29 is 28.6 Å². The fourth-order valence-electron chi connectivity index (χ4n) is 7.43. The molecule has 0 saturated carbocycles. The Hall–Kier alpha value is -1.59. The van der Waals surface area contributed by atoms with Crippen LogP contribution in [0.2, 0.25) is 0 Å². The summed E-state index contributed by atoms with van der Waals surface area (Å²) in [7, 11) is 0. The Kier molecular flexibility index (Phi) is 41.8. The van der Waals surface area contributed by atoms with Gasteiger partial charge in [-0.2, -0.15) is 0 Å². The molecule has 0 aliphatic heterocycles. The Morgan fingerprint density at radius 2 is 0.679 bits per heavy atom. The largest absolute Gasteiger partial charge is 0.462 e. The number of esters is 3. The van der Waals surface area contributed by atoms with Gasteiger partial charge < -0.3 is 14.2 Å². The van der Waals surface area contributed by atoms with Gasteiger partial charge in [-0.05, 0) is 31.1 Å². The number of carbonyl (C=O) groups is 3. The fourth-order valence-corrected chi connectivity index (χ4v) is 7.43. The van der Waals surface area contributed by atoms with Crippen LogP contribution >= 0.6 is 0 Å². The lowest BCUT2D eigenvalue weighted by atomic mass is 10.00. The molecule has 0 N–H and O–H groups in total. The molecular weight excluding hydrogens is 697 g/mol. The van der Waals surface area contributed by atoms with Crippen molar-refractivity contribution in [2.75, 3.05) is 13.2 Å². The standard InChI is InChI=1S/C50H96O6/c1-6-8-9-10-11-12-13-14-15-16-17-18-21-24-30-35-40-48(51)54-43-47(44-55-49(52)41-36-31-27-26-29-34-39-46(5)7-2)56-50(53)42-37-32-25-22-19-20-23-28-33-38-45(3)4/h45-47H,6-44H2,1-5H3/t46?,47-/m0/s1. The quantitative estimate of drug-likeness (QED) is 0.0347. The molecule has 6 nitrogen and oxygen atoms in total. The summed E-state index contributed by atoms with van der Waals surface area (Å²) >= 11 is 0.